The highest BCUT2D eigenvalue weighted by Crippen LogP contribution is 2.17. The van der Waals surface area contributed by atoms with Crippen LogP contribution in [0.15, 0.2) is 12.2 Å². The predicted molar refractivity (Wildman–Crippen MR) is 117 cm³/mol. The van der Waals surface area contributed by atoms with Gasteiger partial charge in [-0.25, -0.2) is 0 Å². The van der Waals surface area contributed by atoms with Crippen LogP contribution in [-0.4, -0.2) is 0 Å². The molecule has 0 spiro atoms. The SMILES string of the molecule is C=C(CCCCCCCCCCC#N)CCCCCCCCCCCC#N. The fraction of sp³-hybridized carbons (Fsp3) is 0.840. The van der Waals surface area contributed by atoms with Crippen LogP contribution in [-0.2, 0) is 0 Å². The minimum atomic E-state index is 0.729. The van der Waals surface area contributed by atoms with Crippen LogP contribution in [0.2, 0.25) is 0 Å². The first kappa shape index (κ1) is 25.7. The highest BCUT2D eigenvalue weighted by Gasteiger charge is 1.98. The highest BCUT2D eigenvalue weighted by molar-refractivity contribution is 4.93. The van der Waals surface area contributed by atoms with Gasteiger partial charge in [-0.2, -0.15) is 10.5 Å². The van der Waals surface area contributed by atoms with Gasteiger partial charge in [0.1, 0.15) is 0 Å². The Morgan fingerprint density at radius 3 is 1.00 bits per heavy atom. The van der Waals surface area contributed by atoms with E-state index in [1.807, 2.05) is 0 Å². The molecule has 0 N–H and O–H groups in total. The third-order valence-corrected chi connectivity index (χ3v) is 5.39. The lowest BCUT2D eigenvalue weighted by atomic mass is 10.0. The van der Waals surface area contributed by atoms with Gasteiger partial charge in [0.25, 0.3) is 0 Å². The Kier molecular flexibility index (Phi) is 21.7. The van der Waals surface area contributed by atoms with Crippen molar-refractivity contribution < 1.29 is 0 Å². The first-order valence-corrected chi connectivity index (χ1v) is 11.7. The number of allylic oxidation sites excluding steroid dienone is 1. The molecule has 0 saturated carbocycles. The number of rotatable bonds is 21. The van der Waals surface area contributed by atoms with Crippen LogP contribution < -0.4 is 0 Å². The average molecular weight is 373 g/mol. The molecule has 0 amide bonds. The van der Waals surface area contributed by atoms with Crippen molar-refractivity contribution in [2.24, 2.45) is 0 Å². The lowest BCUT2D eigenvalue weighted by molar-refractivity contribution is 0.552. The van der Waals surface area contributed by atoms with Crippen molar-refractivity contribution in [2.45, 2.75) is 135 Å². The molecule has 0 rings (SSSR count). The Labute approximate surface area is 170 Å². The van der Waals surface area contributed by atoms with Crippen molar-refractivity contribution in [1.29, 1.82) is 10.5 Å². The second-order valence-corrected chi connectivity index (χ2v) is 8.08. The van der Waals surface area contributed by atoms with Gasteiger partial charge in [-0.05, 0) is 38.5 Å². The van der Waals surface area contributed by atoms with Crippen molar-refractivity contribution >= 4 is 0 Å². The topological polar surface area (TPSA) is 47.6 Å². The van der Waals surface area contributed by atoms with Crippen molar-refractivity contribution in [3.63, 3.8) is 0 Å². The van der Waals surface area contributed by atoms with Crippen molar-refractivity contribution in [1.82, 2.24) is 0 Å². The molecular weight excluding hydrogens is 328 g/mol. The zero-order valence-electron chi connectivity index (χ0n) is 18.0. The second kappa shape index (κ2) is 22.8. The molecule has 0 aliphatic heterocycles. The van der Waals surface area contributed by atoms with Crippen LogP contribution in [0.4, 0.5) is 0 Å². The molecule has 0 bridgehead atoms. The van der Waals surface area contributed by atoms with Crippen molar-refractivity contribution in [3.8, 4) is 12.1 Å². The predicted octanol–water partition coefficient (Wildman–Crippen LogP) is 8.78. The second-order valence-electron chi connectivity index (χ2n) is 8.08. The Balaban J connectivity index is 3.16. The van der Waals surface area contributed by atoms with Crippen molar-refractivity contribution in [2.75, 3.05) is 0 Å². The van der Waals surface area contributed by atoms with Crippen LogP contribution in [0.5, 0.6) is 0 Å². The lowest BCUT2D eigenvalue weighted by Crippen LogP contribution is -1.87. The summed E-state index contributed by atoms with van der Waals surface area (Å²) in [6.45, 7) is 4.26. The monoisotopic (exact) mass is 372 g/mol. The number of hydrogen-bond acceptors (Lipinski definition) is 2. The molecule has 0 atom stereocenters. The van der Waals surface area contributed by atoms with Gasteiger partial charge in [0, 0.05) is 12.8 Å². The van der Waals surface area contributed by atoms with Crippen LogP contribution in [0.25, 0.3) is 0 Å². The highest BCUT2D eigenvalue weighted by atomic mass is 14.2. The van der Waals surface area contributed by atoms with Crippen LogP contribution in [0, 0.1) is 22.7 Å². The van der Waals surface area contributed by atoms with Crippen LogP contribution >= 0.6 is 0 Å². The molecule has 0 heterocycles. The molecule has 27 heavy (non-hydrogen) atoms. The summed E-state index contributed by atoms with van der Waals surface area (Å²) in [5, 5.41) is 17.0. The Hall–Kier alpha value is -1.28. The first-order valence-electron chi connectivity index (χ1n) is 11.7. The van der Waals surface area contributed by atoms with Gasteiger partial charge in [0.05, 0.1) is 12.1 Å². The number of hydrogen-bond donors (Lipinski definition) is 0. The molecule has 0 saturated heterocycles. The number of unbranched alkanes of at least 4 members (excludes halogenated alkanes) is 17. The molecule has 154 valence electrons. The van der Waals surface area contributed by atoms with E-state index in [0.717, 1.165) is 25.7 Å². The van der Waals surface area contributed by atoms with E-state index in [-0.39, 0.29) is 0 Å². The molecule has 2 heteroatoms. The van der Waals surface area contributed by atoms with E-state index in [2.05, 4.69) is 18.7 Å². The van der Waals surface area contributed by atoms with Gasteiger partial charge in [-0.15, -0.1) is 0 Å². The molecule has 0 unspecified atom stereocenters. The number of nitriles is 2. The smallest absolute Gasteiger partial charge is 0.0621 e. The normalized spacial score (nSPS) is 10.4. The zero-order valence-corrected chi connectivity index (χ0v) is 18.0. The molecule has 0 aliphatic rings. The standard InChI is InChI=1S/C25H44N2/c1-25(22-18-14-10-6-4-8-12-16-20-24-27)21-17-13-9-5-2-3-7-11-15-19-23-26/h1-22H2. The lowest BCUT2D eigenvalue weighted by Gasteiger charge is -2.06. The molecule has 0 aromatic rings. The van der Waals surface area contributed by atoms with Crippen molar-refractivity contribution in [3.05, 3.63) is 12.2 Å². The van der Waals surface area contributed by atoms with E-state index in [0.29, 0.717) is 0 Å². The maximum atomic E-state index is 8.49. The zero-order chi connectivity index (χ0) is 19.8. The molecule has 0 aromatic carbocycles. The molecular formula is C25H44N2. The van der Waals surface area contributed by atoms with Gasteiger partial charge < -0.3 is 0 Å². The Morgan fingerprint density at radius 1 is 0.444 bits per heavy atom. The van der Waals surface area contributed by atoms with Gasteiger partial charge in [0.2, 0.25) is 0 Å². The third kappa shape index (κ3) is 22.7. The van der Waals surface area contributed by atoms with Crippen LogP contribution in [0.3, 0.4) is 0 Å². The van der Waals surface area contributed by atoms with Crippen LogP contribution in [0.1, 0.15) is 135 Å². The molecule has 0 aliphatic carbocycles. The van der Waals surface area contributed by atoms with E-state index in [4.69, 9.17) is 10.5 Å². The summed E-state index contributed by atoms with van der Waals surface area (Å²) >= 11 is 0. The first-order chi connectivity index (χ1) is 13.3. The number of nitrogens with zero attached hydrogens (tertiary/aromatic N) is 2. The van der Waals surface area contributed by atoms with Gasteiger partial charge in [0.15, 0.2) is 0 Å². The molecule has 0 fully saturated rings. The quantitative estimate of drug-likeness (QED) is 0.149. The van der Waals surface area contributed by atoms with E-state index in [1.165, 1.54) is 115 Å². The van der Waals surface area contributed by atoms with E-state index in [1.54, 1.807) is 0 Å². The molecule has 2 nitrogen and oxygen atoms in total. The Bertz CT molecular complexity index is 400. The maximum Gasteiger partial charge on any atom is 0.0621 e. The minimum Gasteiger partial charge on any atom is -0.198 e. The largest absolute Gasteiger partial charge is 0.198 e. The van der Waals surface area contributed by atoms with Gasteiger partial charge in [-0.3, -0.25) is 0 Å². The van der Waals surface area contributed by atoms with Gasteiger partial charge in [-0.1, -0.05) is 95.6 Å². The summed E-state index contributed by atoms with van der Waals surface area (Å²) < 4.78 is 0. The van der Waals surface area contributed by atoms with E-state index in [9.17, 15) is 0 Å². The van der Waals surface area contributed by atoms with E-state index >= 15 is 0 Å². The molecule has 0 radical (unpaired) electrons. The fourth-order valence-corrected chi connectivity index (χ4v) is 3.58. The summed E-state index contributed by atoms with van der Waals surface area (Å²) in [5.41, 5.74) is 1.46. The van der Waals surface area contributed by atoms with E-state index < -0.39 is 0 Å². The fourth-order valence-electron chi connectivity index (χ4n) is 3.58. The summed E-state index contributed by atoms with van der Waals surface area (Å²) in [4.78, 5) is 0. The summed E-state index contributed by atoms with van der Waals surface area (Å²) in [5.74, 6) is 0. The summed E-state index contributed by atoms with van der Waals surface area (Å²) in [6.07, 6.45) is 26.0. The summed E-state index contributed by atoms with van der Waals surface area (Å²) in [6, 6.07) is 4.44. The summed E-state index contributed by atoms with van der Waals surface area (Å²) in [7, 11) is 0. The molecule has 0 aromatic heterocycles. The maximum absolute atomic E-state index is 8.49. The van der Waals surface area contributed by atoms with Gasteiger partial charge >= 0.3 is 0 Å². The average Bonchev–Trinajstić information content (AvgIpc) is 2.67. The minimum absolute atomic E-state index is 0.729. The Morgan fingerprint density at radius 2 is 0.704 bits per heavy atom. The third-order valence-electron chi connectivity index (χ3n) is 5.39.